The number of aliphatic hydroxyl groups is 1. The second-order valence-electron chi connectivity index (χ2n) is 4.72. The Morgan fingerprint density at radius 1 is 1.30 bits per heavy atom. The number of carbonyl (C=O) groups excluding carboxylic acids is 1. The number of carbonyl (C=O) groups is 1. The summed E-state index contributed by atoms with van der Waals surface area (Å²) < 4.78 is 5.24. The van der Waals surface area contributed by atoms with Crippen LogP contribution in [0.15, 0.2) is 36.4 Å². The van der Waals surface area contributed by atoms with Gasteiger partial charge in [0.1, 0.15) is 5.75 Å². The van der Waals surface area contributed by atoms with Gasteiger partial charge in [0.15, 0.2) is 0 Å². The first-order chi connectivity index (χ1) is 9.65. The monoisotopic (exact) mass is 273 g/mol. The zero-order chi connectivity index (χ0) is 14.5. The van der Waals surface area contributed by atoms with Crippen LogP contribution >= 0.6 is 0 Å². The Labute approximate surface area is 118 Å². The van der Waals surface area contributed by atoms with Crippen molar-refractivity contribution in [1.29, 1.82) is 0 Å². The fraction of sp³-hybridized carbons (Fsp3) is 0.312. The van der Waals surface area contributed by atoms with Crippen molar-refractivity contribution in [2.24, 2.45) is 0 Å². The van der Waals surface area contributed by atoms with E-state index in [9.17, 15) is 4.79 Å². The first kappa shape index (κ1) is 14.3. The van der Waals surface area contributed by atoms with Crippen LogP contribution in [0.5, 0.6) is 5.75 Å². The summed E-state index contributed by atoms with van der Waals surface area (Å²) in [6, 6.07) is 11.8. The number of rotatable bonds is 5. The average Bonchev–Trinajstić information content (AvgIpc) is 2.47. The average molecular weight is 273 g/mol. The number of hydrogen-bond acceptors (Lipinski definition) is 3. The van der Waals surface area contributed by atoms with Gasteiger partial charge in [0, 0.05) is 13.6 Å². The van der Waals surface area contributed by atoms with Crippen LogP contribution in [0.2, 0.25) is 0 Å². The van der Waals surface area contributed by atoms with Gasteiger partial charge < -0.3 is 14.7 Å². The summed E-state index contributed by atoms with van der Waals surface area (Å²) in [6.45, 7) is 0.332. The summed E-state index contributed by atoms with van der Waals surface area (Å²) in [5.41, 5.74) is 0.969. The van der Waals surface area contributed by atoms with Crippen molar-refractivity contribution in [2.45, 2.75) is 6.42 Å². The molecule has 0 radical (unpaired) electrons. The molecule has 0 aliphatic carbocycles. The Kier molecular flexibility index (Phi) is 4.58. The summed E-state index contributed by atoms with van der Waals surface area (Å²) in [6.07, 6.45) is 0.320. The van der Waals surface area contributed by atoms with Crippen molar-refractivity contribution in [2.75, 3.05) is 27.3 Å². The van der Waals surface area contributed by atoms with Crippen molar-refractivity contribution < 1.29 is 14.6 Å². The minimum absolute atomic E-state index is 0.00521. The number of fused-ring (bicyclic) bond motifs is 1. The molecule has 4 heteroatoms. The number of nitrogens with zero attached hydrogens (tertiary/aromatic N) is 1. The van der Waals surface area contributed by atoms with Crippen LogP contribution in [0.3, 0.4) is 0 Å². The van der Waals surface area contributed by atoms with Gasteiger partial charge in [-0.05, 0) is 28.5 Å². The molecule has 1 N–H and O–H groups in total. The highest BCUT2D eigenvalue weighted by atomic mass is 16.5. The molecule has 2 aromatic carbocycles. The van der Waals surface area contributed by atoms with Crippen LogP contribution in [0, 0.1) is 0 Å². The van der Waals surface area contributed by atoms with Gasteiger partial charge in [0.05, 0.1) is 20.1 Å². The predicted octanol–water partition coefficient (Wildman–Crippen LogP) is 1.84. The molecule has 0 atom stereocenters. The number of likely N-dealkylation sites (N-methyl/N-ethyl adjacent to an activating group) is 1. The highest BCUT2D eigenvalue weighted by Gasteiger charge is 2.11. The van der Waals surface area contributed by atoms with Crippen LogP contribution < -0.4 is 4.74 Å². The van der Waals surface area contributed by atoms with Gasteiger partial charge in [-0.3, -0.25) is 4.79 Å². The normalized spacial score (nSPS) is 10.6. The first-order valence-corrected chi connectivity index (χ1v) is 6.56. The van der Waals surface area contributed by atoms with Gasteiger partial charge in [-0.1, -0.05) is 24.3 Å². The molecule has 0 unspecified atom stereocenters. The molecule has 0 heterocycles. The van der Waals surface area contributed by atoms with Crippen molar-refractivity contribution in [1.82, 2.24) is 4.90 Å². The zero-order valence-corrected chi connectivity index (χ0v) is 11.8. The molecule has 106 valence electrons. The van der Waals surface area contributed by atoms with E-state index in [0.717, 1.165) is 22.1 Å². The standard InChI is InChI=1S/C16H19NO3/c1-17(8-9-18)16(19)10-13-5-3-4-12-6-7-14(20-2)11-15(12)13/h3-7,11,18H,8-10H2,1-2H3. The van der Waals surface area contributed by atoms with Crippen molar-refractivity contribution in [3.8, 4) is 5.75 Å². The Morgan fingerprint density at radius 2 is 2.10 bits per heavy atom. The fourth-order valence-corrected chi connectivity index (χ4v) is 2.17. The molecule has 0 aliphatic heterocycles. The van der Waals surface area contributed by atoms with Crippen molar-refractivity contribution in [3.05, 3.63) is 42.0 Å². The lowest BCUT2D eigenvalue weighted by molar-refractivity contribution is -0.129. The molecule has 0 saturated carbocycles. The maximum Gasteiger partial charge on any atom is 0.226 e. The Morgan fingerprint density at radius 3 is 2.80 bits per heavy atom. The molecule has 2 rings (SSSR count). The van der Waals surface area contributed by atoms with E-state index in [-0.39, 0.29) is 12.5 Å². The smallest absolute Gasteiger partial charge is 0.226 e. The van der Waals surface area contributed by atoms with Gasteiger partial charge in [-0.25, -0.2) is 0 Å². The number of aliphatic hydroxyl groups excluding tert-OH is 1. The molecular formula is C16H19NO3. The third kappa shape index (κ3) is 3.08. The summed E-state index contributed by atoms with van der Waals surface area (Å²) in [5.74, 6) is 0.774. The minimum atomic E-state index is -0.0222. The van der Waals surface area contributed by atoms with Gasteiger partial charge in [0.2, 0.25) is 5.91 Å². The van der Waals surface area contributed by atoms with E-state index in [1.165, 1.54) is 0 Å². The van der Waals surface area contributed by atoms with E-state index in [2.05, 4.69) is 0 Å². The highest BCUT2D eigenvalue weighted by molar-refractivity contribution is 5.91. The second kappa shape index (κ2) is 6.39. The van der Waals surface area contributed by atoms with Gasteiger partial charge in [-0.15, -0.1) is 0 Å². The topological polar surface area (TPSA) is 49.8 Å². The third-order valence-corrected chi connectivity index (χ3v) is 3.38. The lowest BCUT2D eigenvalue weighted by Gasteiger charge is -2.16. The second-order valence-corrected chi connectivity index (χ2v) is 4.72. The summed E-state index contributed by atoms with van der Waals surface area (Å²) in [4.78, 5) is 13.6. The molecule has 1 amide bonds. The lowest BCUT2D eigenvalue weighted by Crippen LogP contribution is -2.30. The van der Waals surface area contributed by atoms with Crippen LogP contribution in [-0.2, 0) is 11.2 Å². The van der Waals surface area contributed by atoms with Crippen molar-refractivity contribution in [3.63, 3.8) is 0 Å². The molecule has 0 fully saturated rings. The summed E-state index contributed by atoms with van der Waals surface area (Å²) in [7, 11) is 3.33. The van der Waals surface area contributed by atoms with E-state index >= 15 is 0 Å². The van der Waals surface area contributed by atoms with E-state index in [4.69, 9.17) is 9.84 Å². The van der Waals surface area contributed by atoms with E-state index in [1.807, 2.05) is 36.4 Å². The number of methoxy groups -OCH3 is 1. The SMILES string of the molecule is COc1ccc2cccc(CC(=O)N(C)CCO)c2c1. The Hall–Kier alpha value is -2.07. The molecule has 0 saturated heterocycles. The predicted molar refractivity (Wildman–Crippen MR) is 78.9 cm³/mol. The van der Waals surface area contributed by atoms with Gasteiger partial charge in [-0.2, -0.15) is 0 Å². The molecule has 0 aliphatic rings. The van der Waals surface area contributed by atoms with Crippen LogP contribution in [0.1, 0.15) is 5.56 Å². The Bertz CT molecular complexity index is 610. The lowest BCUT2D eigenvalue weighted by atomic mass is 10.0. The Balaban J connectivity index is 2.31. The molecule has 20 heavy (non-hydrogen) atoms. The number of benzene rings is 2. The largest absolute Gasteiger partial charge is 0.497 e. The maximum atomic E-state index is 12.1. The fourth-order valence-electron chi connectivity index (χ4n) is 2.17. The summed E-state index contributed by atoms with van der Waals surface area (Å²) in [5, 5.41) is 11.0. The third-order valence-electron chi connectivity index (χ3n) is 3.38. The molecule has 2 aromatic rings. The molecular weight excluding hydrogens is 254 g/mol. The number of hydrogen-bond donors (Lipinski definition) is 1. The number of ether oxygens (including phenoxy) is 1. The quantitative estimate of drug-likeness (QED) is 0.904. The molecule has 4 nitrogen and oxygen atoms in total. The van der Waals surface area contributed by atoms with Gasteiger partial charge in [0.25, 0.3) is 0 Å². The zero-order valence-electron chi connectivity index (χ0n) is 11.8. The van der Waals surface area contributed by atoms with Crippen LogP contribution in [-0.4, -0.2) is 43.2 Å². The van der Waals surface area contributed by atoms with E-state index in [1.54, 1.807) is 19.1 Å². The van der Waals surface area contributed by atoms with Crippen LogP contribution in [0.4, 0.5) is 0 Å². The first-order valence-electron chi connectivity index (χ1n) is 6.56. The minimum Gasteiger partial charge on any atom is -0.497 e. The number of amides is 1. The summed E-state index contributed by atoms with van der Waals surface area (Å²) >= 11 is 0. The van der Waals surface area contributed by atoms with Gasteiger partial charge >= 0.3 is 0 Å². The van der Waals surface area contributed by atoms with Crippen LogP contribution in [0.25, 0.3) is 10.8 Å². The van der Waals surface area contributed by atoms with E-state index in [0.29, 0.717) is 13.0 Å². The van der Waals surface area contributed by atoms with Crippen molar-refractivity contribution >= 4 is 16.7 Å². The highest BCUT2D eigenvalue weighted by Crippen LogP contribution is 2.24. The molecule has 0 spiro atoms. The maximum absolute atomic E-state index is 12.1. The molecule has 0 aromatic heterocycles. The molecule has 0 bridgehead atoms. The van der Waals surface area contributed by atoms with E-state index < -0.39 is 0 Å².